The van der Waals surface area contributed by atoms with Gasteiger partial charge in [-0.15, -0.1) is 11.3 Å². The van der Waals surface area contributed by atoms with Crippen LogP contribution in [0.4, 0.5) is 5.00 Å². The Kier molecular flexibility index (Phi) is 6.26. The van der Waals surface area contributed by atoms with Gasteiger partial charge in [0.25, 0.3) is 0 Å². The molecule has 0 saturated carbocycles. The van der Waals surface area contributed by atoms with Crippen molar-refractivity contribution < 1.29 is 14.3 Å². The normalized spacial score (nSPS) is 15.9. The molecule has 30 heavy (non-hydrogen) atoms. The highest BCUT2D eigenvalue weighted by molar-refractivity contribution is 7.16. The summed E-state index contributed by atoms with van der Waals surface area (Å²) in [4.78, 5) is 13.9. The van der Waals surface area contributed by atoms with E-state index in [0.29, 0.717) is 23.8 Å². The molecule has 1 aliphatic carbocycles. The molecule has 1 aromatic heterocycles. The Hall–Kier alpha value is -2.56. The fourth-order valence-electron chi connectivity index (χ4n) is 4.10. The summed E-state index contributed by atoms with van der Waals surface area (Å²) in [6.45, 7) is 5.72. The van der Waals surface area contributed by atoms with Gasteiger partial charge in [-0.25, -0.2) is 0 Å². The quantitative estimate of drug-likeness (QED) is 0.725. The number of benzene rings is 1. The summed E-state index contributed by atoms with van der Waals surface area (Å²) < 4.78 is 11.5. The van der Waals surface area contributed by atoms with Gasteiger partial charge < -0.3 is 20.1 Å². The van der Waals surface area contributed by atoms with E-state index in [1.807, 2.05) is 18.2 Å². The first-order chi connectivity index (χ1) is 14.6. The lowest BCUT2D eigenvalue weighted by atomic mass is 9.95. The average Bonchev–Trinajstić information content (AvgIpc) is 3.20. The summed E-state index contributed by atoms with van der Waals surface area (Å²) in [5, 5.41) is 16.5. The summed E-state index contributed by atoms with van der Waals surface area (Å²) >= 11 is 1.54. The third kappa shape index (κ3) is 4.30. The van der Waals surface area contributed by atoms with Crippen molar-refractivity contribution >= 4 is 22.2 Å². The maximum Gasteiger partial charge on any atom is 0.238 e. The molecule has 1 aliphatic heterocycles. The Morgan fingerprint density at radius 3 is 2.77 bits per heavy atom. The molecule has 1 amide bonds. The molecule has 4 rings (SSSR count). The molecular weight excluding hydrogens is 398 g/mol. The van der Waals surface area contributed by atoms with E-state index in [1.54, 1.807) is 11.3 Å². The number of thiophene rings is 1. The second-order valence-corrected chi connectivity index (χ2v) is 9.19. The fourth-order valence-corrected chi connectivity index (χ4v) is 5.35. The standard InChI is InChI=1S/C23H27N3O3S/c1-14(2)22(15-7-8-18-19(11-15)29-10-4-9-28-18)25-13-21(27)26-23-17(12-24)16-5-3-6-20(16)30-23/h7-8,11,14,22,25H,3-6,9-10,13H2,1-2H3,(H,26,27)/t22-/m0/s1. The topological polar surface area (TPSA) is 83.4 Å². The van der Waals surface area contributed by atoms with Gasteiger partial charge in [0.1, 0.15) is 11.1 Å². The molecular formula is C23H27N3O3S. The molecule has 2 aliphatic rings. The van der Waals surface area contributed by atoms with Crippen molar-refractivity contribution in [3.8, 4) is 17.6 Å². The van der Waals surface area contributed by atoms with E-state index < -0.39 is 0 Å². The van der Waals surface area contributed by atoms with Crippen LogP contribution < -0.4 is 20.1 Å². The molecule has 0 saturated heterocycles. The Labute approximate surface area is 181 Å². The number of carbonyl (C=O) groups excluding carboxylic acids is 1. The Balaban J connectivity index is 1.43. The molecule has 2 heterocycles. The van der Waals surface area contributed by atoms with Crippen molar-refractivity contribution in [3.63, 3.8) is 0 Å². The molecule has 7 heteroatoms. The second-order valence-electron chi connectivity index (χ2n) is 8.08. The monoisotopic (exact) mass is 425 g/mol. The lowest BCUT2D eigenvalue weighted by Gasteiger charge is -2.23. The van der Waals surface area contributed by atoms with Crippen LogP contribution in [0.25, 0.3) is 0 Å². The van der Waals surface area contributed by atoms with Gasteiger partial charge in [-0.2, -0.15) is 5.26 Å². The number of nitriles is 1. The number of amides is 1. The van der Waals surface area contributed by atoms with Crippen LogP contribution in [0.15, 0.2) is 18.2 Å². The molecule has 0 unspecified atom stereocenters. The van der Waals surface area contributed by atoms with Crippen LogP contribution in [-0.4, -0.2) is 25.7 Å². The van der Waals surface area contributed by atoms with Crippen molar-refractivity contribution in [2.24, 2.45) is 5.92 Å². The van der Waals surface area contributed by atoms with Gasteiger partial charge in [-0.1, -0.05) is 19.9 Å². The largest absolute Gasteiger partial charge is 0.490 e. The highest BCUT2D eigenvalue weighted by Crippen LogP contribution is 2.38. The minimum Gasteiger partial charge on any atom is -0.490 e. The van der Waals surface area contributed by atoms with Crippen molar-refractivity contribution in [1.82, 2.24) is 5.32 Å². The van der Waals surface area contributed by atoms with Gasteiger partial charge in [0, 0.05) is 17.3 Å². The zero-order valence-electron chi connectivity index (χ0n) is 17.4. The van der Waals surface area contributed by atoms with Crippen LogP contribution in [0.5, 0.6) is 11.5 Å². The number of ether oxygens (including phenoxy) is 2. The first kappa shape index (κ1) is 20.7. The van der Waals surface area contributed by atoms with Crippen LogP contribution in [0, 0.1) is 17.2 Å². The van der Waals surface area contributed by atoms with Gasteiger partial charge in [-0.05, 0) is 48.4 Å². The number of hydrogen-bond acceptors (Lipinski definition) is 6. The third-order valence-corrected chi connectivity index (χ3v) is 6.77. The zero-order valence-corrected chi connectivity index (χ0v) is 18.2. The van der Waals surface area contributed by atoms with Crippen LogP contribution in [0.2, 0.25) is 0 Å². The molecule has 158 valence electrons. The number of rotatable bonds is 6. The van der Waals surface area contributed by atoms with Crippen LogP contribution in [0.3, 0.4) is 0 Å². The maximum absolute atomic E-state index is 12.6. The predicted molar refractivity (Wildman–Crippen MR) is 117 cm³/mol. The molecule has 6 nitrogen and oxygen atoms in total. The van der Waals surface area contributed by atoms with Gasteiger partial charge in [0.15, 0.2) is 11.5 Å². The van der Waals surface area contributed by atoms with Crippen LogP contribution >= 0.6 is 11.3 Å². The average molecular weight is 426 g/mol. The molecule has 0 spiro atoms. The molecule has 2 N–H and O–H groups in total. The van der Waals surface area contributed by atoms with E-state index in [2.05, 4.69) is 30.6 Å². The zero-order chi connectivity index (χ0) is 21.1. The molecule has 2 aromatic rings. The first-order valence-corrected chi connectivity index (χ1v) is 11.4. The van der Waals surface area contributed by atoms with Crippen LogP contribution in [-0.2, 0) is 17.6 Å². The minimum atomic E-state index is -0.133. The maximum atomic E-state index is 12.6. The number of anilines is 1. The molecule has 1 atom stereocenters. The Morgan fingerprint density at radius 1 is 1.20 bits per heavy atom. The van der Waals surface area contributed by atoms with Gasteiger partial charge in [0.2, 0.25) is 5.91 Å². The summed E-state index contributed by atoms with van der Waals surface area (Å²) in [5.41, 5.74) is 2.83. The Bertz CT molecular complexity index is 977. The van der Waals surface area contributed by atoms with Crippen LogP contribution in [0.1, 0.15) is 54.3 Å². The van der Waals surface area contributed by atoms with Crippen molar-refractivity contribution in [1.29, 1.82) is 5.26 Å². The predicted octanol–water partition coefficient (Wildman–Crippen LogP) is 4.20. The lowest BCUT2D eigenvalue weighted by molar-refractivity contribution is -0.115. The Morgan fingerprint density at radius 2 is 2.00 bits per heavy atom. The number of fused-ring (bicyclic) bond motifs is 2. The van der Waals surface area contributed by atoms with Crippen molar-refractivity contribution in [3.05, 3.63) is 39.8 Å². The van der Waals surface area contributed by atoms with E-state index in [4.69, 9.17) is 9.47 Å². The van der Waals surface area contributed by atoms with E-state index in [0.717, 1.165) is 48.3 Å². The van der Waals surface area contributed by atoms with Gasteiger partial charge >= 0.3 is 0 Å². The number of nitrogens with one attached hydrogen (secondary N) is 2. The molecule has 0 fully saturated rings. The number of nitrogens with zero attached hydrogens (tertiary/aromatic N) is 1. The lowest BCUT2D eigenvalue weighted by Crippen LogP contribution is -2.33. The molecule has 0 bridgehead atoms. The SMILES string of the molecule is CC(C)[C@H](NCC(=O)Nc1sc2c(c1C#N)CCC2)c1ccc2c(c1)OCCCO2. The fraction of sp³-hybridized carbons (Fsp3) is 0.478. The van der Waals surface area contributed by atoms with E-state index in [-0.39, 0.29) is 24.4 Å². The van der Waals surface area contributed by atoms with E-state index in [1.165, 1.54) is 4.88 Å². The highest BCUT2D eigenvalue weighted by atomic mass is 32.1. The van der Waals surface area contributed by atoms with E-state index >= 15 is 0 Å². The summed E-state index contributed by atoms with van der Waals surface area (Å²) in [6, 6.07) is 8.25. The second kappa shape index (κ2) is 9.07. The van der Waals surface area contributed by atoms with Gasteiger partial charge in [0.05, 0.1) is 25.3 Å². The number of aryl methyl sites for hydroxylation is 1. The molecule has 0 radical (unpaired) electrons. The summed E-state index contributed by atoms with van der Waals surface area (Å²) in [7, 11) is 0. The van der Waals surface area contributed by atoms with Crippen molar-refractivity contribution in [2.45, 2.75) is 45.6 Å². The number of hydrogen-bond donors (Lipinski definition) is 2. The first-order valence-electron chi connectivity index (χ1n) is 10.5. The smallest absolute Gasteiger partial charge is 0.238 e. The summed E-state index contributed by atoms with van der Waals surface area (Å²) in [5.74, 6) is 1.68. The number of carbonyl (C=O) groups is 1. The summed E-state index contributed by atoms with van der Waals surface area (Å²) in [6.07, 6.45) is 3.90. The minimum absolute atomic E-state index is 0.00307. The molecule has 1 aromatic carbocycles. The van der Waals surface area contributed by atoms with Gasteiger partial charge in [-0.3, -0.25) is 4.79 Å². The highest BCUT2D eigenvalue weighted by Gasteiger charge is 2.24. The van der Waals surface area contributed by atoms with Crippen molar-refractivity contribution in [2.75, 3.05) is 25.1 Å². The third-order valence-electron chi connectivity index (χ3n) is 5.57. The van der Waals surface area contributed by atoms with E-state index in [9.17, 15) is 10.1 Å².